The highest BCUT2D eigenvalue weighted by molar-refractivity contribution is 9.10. The molecular weight excluding hydrogens is 714 g/mol. The van der Waals surface area contributed by atoms with Crippen molar-refractivity contribution in [1.29, 1.82) is 0 Å². The minimum absolute atomic E-state index is 0.0135. The number of carbonyl (C=O) groups is 2. The number of methoxy groups -OCH3 is 1. The highest BCUT2D eigenvalue weighted by Crippen LogP contribution is 2.28. The quantitative estimate of drug-likeness (QED) is 0.154. The van der Waals surface area contributed by atoms with Gasteiger partial charge in [0.1, 0.15) is 18.3 Å². The van der Waals surface area contributed by atoms with Crippen LogP contribution in [0.4, 0.5) is 5.69 Å². The summed E-state index contributed by atoms with van der Waals surface area (Å²) in [6, 6.07) is 28.5. The molecule has 0 heterocycles. The molecule has 1 atom stereocenters. The summed E-state index contributed by atoms with van der Waals surface area (Å²) in [7, 11) is -2.75. The molecule has 1 fully saturated rings. The zero-order valence-electron chi connectivity index (χ0n) is 26.7. The van der Waals surface area contributed by atoms with Crippen molar-refractivity contribution in [2.75, 3.05) is 18.0 Å². The maximum atomic E-state index is 14.7. The Hall–Kier alpha value is -3.86. The average Bonchev–Trinajstić information content (AvgIpc) is 3.10. The van der Waals surface area contributed by atoms with Gasteiger partial charge < -0.3 is 15.0 Å². The standard InChI is InChI=1S/C37H39BrClN3O5S/c1-47-33-19-21-34(22-20-33)48(45,46)42(32-17-15-30(39)16-18-32)26-36(43)41(25-28-11-8-12-29(38)23-28)35(24-27-9-4-2-5-10-27)37(44)40-31-13-6-3-7-14-31/h2,4-5,8-12,15-23,31,35H,3,6-7,13-14,24-26H2,1H3,(H,40,44)/t35-/m0/s1. The van der Waals surface area contributed by atoms with E-state index in [2.05, 4.69) is 21.2 Å². The molecule has 11 heteroatoms. The number of nitrogens with zero attached hydrogens (tertiary/aromatic N) is 2. The Labute approximate surface area is 296 Å². The summed E-state index contributed by atoms with van der Waals surface area (Å²) in [5, 5.41) is 3.65. The number of rotatable bonds is 13. The molecule has 0 radical (unpaired) electrons. The van der Waals surface area contributed by atoms with Gasteiger partial charge >= 0.3 is 0 Å². The normalized spacial score (nSPS) is 14.1. The van der Waals surface area contributed by atoms with Crippen LogP contribution in [0.15, 0.2) is 112 Å². The molecule has 0 saturated heterocycles. The van der Waals surface area contributed by atoms with Crippen molar-refractivity contribution in [1.82, 2.24) is 10.2 Å². The molecule has 2 amide bonds. The van der Waals surface area contributed by atoms with E-state index < -0.39 is 28.5 Å². The number of carbonyl (C=O) groups excluding carboxylic acids is 2. The van der Waals surface area contributed by atoms with Gasteiger partial charge in [-0.25, -0.2) is 8.42 Å². The van der Waals surface area contributed by atoms with Gasteiger partial charge in [0.15, 0.2) is 0 Å². The van der Waals surface area contributed by atoms with Crippen molar-refractivity contribution in [3.8, 4) is 5.75 Å². The minimum Gasteiger partial charge on any atom is -0.497 e. The molecule has 0 unspecified atom stereocenters. The highest BCUT2D eigenvalue weighted by atomic mass is 79.9. The zero-order valence-corrected chi connectivity index (χ0v) is 29.9. The minimum atomic E-state index is -4.25. The van der Waals surface area contributed by atoms with Crippen LogP contribution in [-0.4, -0.2) is 50.9 Å². The predicted octanol–water partition coefficient (Wildman–Crippen LogP) is 7.40. The number of hydrogen-bond acceptors (Lipinski definition) is 5. The lowest BCUT2D eigenvalue weighted by atomic mass is 9.94. The van der Waals surface area contributed by atoms with Crippen LogP contribution in [0.25, 0.3) is 0 Å². The van der Waals surface area contributed by atoms with Gasteiger partial charge in [0.05, 0.1) is 17.7 Å². The number of sulfonamides is 1. The Kier molecular flexibility index (Phi) is 12.2. The third kappa shape index (κ3) is 9.18. The first-order valence-corrected chi connectivity index (χ1v) is 18.6. The predicted molar refractivity (Wildman–Crippen MR) is 193 cm³/mol. The van der Waals surface area contributed by atoms with E-state index in [0.717, 1.165) is 52.0 Å². The number of amides is 2. The summed E-state index contributed by atoms with van der Waals surface area (Å²) in [6.07, 6.45) is 5.23. The molecule has 5 rings (SSSR count). The largest absolute Gasteiger partial charge is 0.497 e. The summed E-state index contributed by atoms with van der Waals surface area (Å²) in [5.74, 6) is -0.289. The second kappa shape index (κ2) is 16.5. The molecule has 1 saturated carbocycles. The Bertz CT molecular complexity index is 1780. The van der Waals surface area contributed by atoms with Gasteiger partial charge in [0.25, 0.3) is 10.0 Å². The maximum Gasteiger partial charge on any atom is 0.264 e. The van der Waals surface area contributed by atoms with Gasteiger partial charge in [-0.1, -0.05) is 89.3 Å². The third-order valence-corrected chi connectivity index (χ3v) is 11.0. The summed E-state index contributed by atoms with van der Waals surface area (Å²) >= 11 is 9.69. The summed E-state index contributed by atoms with van der Waals surface area (Å²) in [4.78, 5) is 30.4. The van der Waals surface area contributed by atoms with E-state index in [-0.39, 0.29) is 35.5 Å². The fraction of sp³-hybridized carbons (Fsp3) is 0.297. The number of hydrogen-bond donors (Lipinski definition) is 1. The number of benzene rings is 4. The second-order valence-corrected chi connectivity index (χ2v) is 15.1. The van der Waals surface area contributed by atoms with E-state index >= 15 is 0 Å². The SMILES string of the molecule is COc1ccc(S(=O)(=O)N(CC(=O)N(Cc2cccc(Br)c2)[C@@H](Cc2ccccc2)C(=O)NC2CCCCC2)c2ccc(Cl)cc2)cc1. The fourth-order valence-electron chi connectivity index (χ4n) is 5.94. The van der Waals surface area contributed by atoms with Crippen LogP contribution in [-0.2, 0) is 32.6 Å². The molecule has 252 valence electrons. The van der Waals surface area contributed by atoms with E-state index in [0.29, 0.717) is 10.8 Å². The lowest BCUT2D eigenvalue weighted by Crippen LogP contribution is -2.55. The van der Waals surface area contributed by atoms with Gasteiger partial charge in [-0.2, -0.15) is 0 Å². The summed E-state index contributed by atoms with van der Waals surface area (Å²) in [5.41, 5.74) is 1.93. The van der Waals surface area contributed by atoms with Crippen LogP contribution < -0.4 is 14.4 Å². The smallest absolute Gasteiger partial charge is 0.264 e. The number of nitrogens with one attached hydrogen (secondary N) is 1. The molecule has 1 aliphatic carbocycles. The van der Waals surface area contributed by atoms with Crippen molar-refractivity contribution in [2.45, 2.75) is 62.0 Å². The Morgan fingerprint density at radius 3 is 2.21 bits per heavy atom. The molecule has 4 aromatic rings. The first-order chi connectivity index (χ1) is 23.1. The monoisotopic (exact) mass is 751 g/mol. The van der Waals surface area contributed by atoms with Gasteiger partial charge in [0.2, 0.25) is 11.8 Å². The molecule has 0 aliphatic heterocycles. The fourth-order valence-corrected chi connectivity index (χ4v) is 7.93. The topological polar surface area (TPSA) is 96.0 Å². The molecule has 0 spiro atoms. The van der Waals surface area contributed by atoms with Gasteiger partial charge in [-0.05, 0) is 84.6 Å². The summed E-state index contributed by atoms with van der Waals surface area (Å²) < 4.78 is 35.6. The van der Waals surface area contributed by atoms with Gasteiger partial charge in [-0.3, -0.25) is 13.9 Å². The van der Waals surface area contributed by atoms with Gasteiger partial charge in [0, 0.05) is 28.5 Å². The third-order valence-electron chi connectivity index (χ3n) is 8.51. The Balaban J connectivity index is 1.56. The lowest BCUT2D eigenvalue weighted by molar-refractivity contribution is -0.140. The van der Waals surface area contributed by atoms with Crippen molar-refractivity contribution in [3.05, 3.63) is 124 Å². The molecule has 0 bridgehead atoms. The second-order valence-electron chi connectivity index (χ2n) is 11.9. The van der Waals surface area contributed by atoms with Crippen LogP contribution in [0.1, 0.15) is 43.2 Å². The first kappa shape index (κ1) is 35.4. The molecule has 1 aliphatic rings. The van der Waals surface area contributed by atoms with Crippen molar-refractivity contribution in [2.24, 2.45) is 0 Å². The maximum absolute atomic E-state index is 14.7. The zero-order chi connectivity index (χ0) is 34.1. The number of anilines is 1. The Morgan fingerprint density at radius 2 is 1.56 bits per heavy atom. The van der Waals surface area contributed by atoms with E-state index in [9.17, 15) is 18.0 Å². The number of ether oxygens (including phenoxy) is 1. The molecule has 4 aromatic carbocycles. The van der Waals surface area contributed by atoms with Crippen LogP contribution in [0.5, 0.6) is 5.75 Å². The van der Waals surface area contributed by atoms with E-state index in [1.54, 1.807) is 36.4 Å². The Morgan fingerprint density at radius 1 is 0.896 bits per heavy atom. The van der Waals surface area contributed by atoms with Crippen molar-refractivity contribution < 1.29 is 22.7 Å². The average molecular weight is 753 g/mol. The molecular formula is C37H39BrClN3O5S. The molecule has 0 aromatic heterocycles. The highest BCUT2D eigenvalue weighted by Gasteiger charge is 2.35. The van der Waals surface area contributed by atoms with Crippen LogP contribution in [0, 0.1) is 0 Å². The van der Waals surface area contributed by atoms with Crippen molar-refractivity contribution >= 4 is 55.1 Å². The first-order valence-electron chi connectivity index (χ1n) is 15.9. The van der Waals surface area contributed by atoms with Crippen LogP contribution in [0.2, 0.25) is 5.02 Å². The van der Waals surface area contributed by atoms with E-state index in [1.807, 2.05) is 54.6 Å². The van der Waals surface area contributed by atoms with Crippen LogP contribution >= 0.6 is 27.5 Å². The summed E-state index contributed by atoms with van der Waals surface area (Å²) in [6.45, 7) is -0.461. The molecule has 8 nitrogen and oxygen atoms in total. The molecule has 48 heavy (non-hydrogen) atoms. The lowest BCUT2D eigenvalue weighted by Gasteiger charge is -2.35. The molecule has 1 N–H and O–H groups in total. The van der Waals surface area contributed by atoms with E-state index in [4.69, 9.17) is 16.3 Å². The van der Waals surface area contributed by atoms with Gasteiger partial charge in [-0.15, -0.1) is 0 Å². The number of halogens is 2. The van der Waals surface area contributed by atoms with Crippen LogP contribution in [0.3, 0.4) is 0 Å². The van der Waals surface area contributed by atoms with E-state index in [1.165, 1.54) is 24.1 Å². The van der Waals surface area contributed by atoms with Crippen molar-refractivity contribution in [3.63, 3.8) is 0 Å².